The summed E-state index contributed by atoms with van der Waals surface area (Å²) in [5.41, 5.74) is 1.04. The summed E-state index contributed by atoms with van der Waals surface area (Å²) in [6.45, 7) is 2.00. The molecule has 2 fully saturated rings. The van der Waals surface area contributed by atoms with Crippen molar-refractivity contribution in [3.05, 3.63) is 48.3 Å². The molecule has 0 radical (unpaired) electrons. The topological polar surface area (TPSA) is 75.6 Å². The van der Waals surface area contributed by atoms with Gasteiger partial charge in [0.05, 0.1) is 19.4 Å². The van der Waals surface area contributed by atoms with E-state index in [9.17, 15) is 8.42 Å². The highest BCUT2D eigenvalue weighted by Crippen LogP contribution is 2.47. The fraction of sp³-hybridized carbons (Fsp3) is 0.444. The van der Waals surface area contributed by atoms with Crippen LogP contribution < -0.4 is 9.64 Å². The van der Waals surface area contributed by atoms with E-state index < -0.39 is 10.0 Å². The average Bonchev–Trinajstić information content (AvgIpc) is 3.20. The van der Waals surface area contributed by atoms with Crippen molar-refractivity contribution in [2.24, 2.45) is 11.8 Å². The molecule has 1 aromatic carbocycles. The molecule has 0 saturated carbocycles. The number of anilines is 1. The Kier molecular flexibility index (Phi) is 4.32. The van der Waals surface area contributed by atoms with E-state index in [1.54, 1.807) is 23.8 Å². The molecule has 2 aromatic rings. The summed E-state index contributed by atoms with van der Waals surface area (Å²) in [5.74, 6) is 1.69. The highest BCUT2D eigenvalue weighted by molar-refractivity contribution is 7.88. The van der Waals surface area contributed by atoms with Gasteiger partial charge >= 0.3 is 0 Å². The van der Waals surface area contributed by atoms with E-state index in [1.165, 1.54) is 6.26 Å². The van der Waals surface area contributed by atoms with Crippen LogP contribution in [0, 0.1) is 11.8 Å². The first-order chi connectivity index (χ1) is 12.5. The van der Waals surface area contributed by atoms with Gasteiger partial charge < -0.3 is 9.64 Å². The van der Waals surface area contributed by atoms with E-state index in [0.717, 1.165) is 24.5 Å². The van der Waals surface area contributed by atoms with Crippen molar-refractivity contribution in [1.29, 1.82) is 0 Å². The lowest BCUT2D eigenvalue weighted by molar-refractivity contribution is 0.351. The molecule has 138 valence electrons. The monoisotopic (exact) mass is 374 g/mol. The fourth-order valence-corrected chi connectivity index (χ4v) is 5.42. The zero-order chi connectivity index (χ0) is 18.3. The highest BCUT2D eigenvalue weighted by atomic mass is 32.2. The molecule has 2 saturated heterocycles. The zero-order valence-corrected chi connectivity index (χ0v) is 15.6. The summed E-state index contributed by atoms with van der Waals surface area (Å²) in [6, 6.07) is 9.74. The Bertz CT molecular complexity index is 890. The molecule has 2 aliphatic rings. The summed E-state index contributed by atoms with van der Waals surface area (Å²) >= 11 is 0. The minimum atomic E-state index is -3.27. The molecule has 26 heavy (non-hydrogen) atoms. The number of hydrogen-bond donors (Lipinski definition) is 0. The second-order valence-electron chi connectivity index (χ2n) is 6.91. The molecule has 0 spiro atoms. The quantitative estimate of drug-likeness (QED) is 0.808. The molecule has 0 aliphatic carbocycles. The number of aromatic nitrogens is 2. The predicted molar refractivity (Wildman–Crippen MR) is 98.5 cm³/mol. The number of benzene rings is 1. The van der Waals surface area contributed by atoms with E-state index >= 15 is 0 Å². The van der Waals surface area contributed by atoms with Crippen LogP contribution in [0.5, 0.6) is 5.88 Å². The normalized spacial score (nSPS) is 26.1. The van der Waals surface area contributed by atoms with E-state index in [-0.39, 0.29) is 17.9 Å². The van der Waals surface area contributed by atoms with Crippen molar-refractivity contribution in [1.82, 2.24) is 14.3 Å². The van der Waals surface area contributed by atoms with Gasteiger partial charge in [-0.2, -0.15) is 4.31 Å². The van der Waals surface area contributed by atoms with Gasteiger partial charge in [0.15, 0.2) is 5.82 Å². The SMILES string of the molecule is COc1nccnc1N1C[C@@H]2CN(S(C)(=O)=O)[C@@H](c3ccccc3)[C@@H]2C1. The number of nitrogens with zero attached hydrogens (tertiary/aromatic N) is 4. The van der Waals surface area contributed by atoms with Gasteiger partial charge in [0.2, 0.25) is 10.0 Å². The van der Waals surface area contributed by atoms with Crippen LogP contribution in [0.15, 0.2) is 42.7 Å². The fourth-order valence-electron chi connectivity index (χ4n) is 4.26. The average molecular weight is 374 g/mol. The molecule has 8 heteroatoms. The van der Waals surface area contributed by atoms with Crippen LogP contribution in [0.3, 0.4) is 0 Å². The summed E-state index contributed by atoms with van der Waals surface area (Å²) in [4.78, 5) is 10.8. The van der Waals surface area contributed by atoms with E-state index in [2.05, 4.69) is 14.9 Å². The highest BCUT2D eigenvalue weighted by Gasteiger charge is 2.51. The minimum Gasteiger partial charge on any atom is -0.478 e. The number of ether oxygens (including phenoxy) is 1. The van der Waals surface area contributed by atoms with Gasteiger partial charge in [0, 0.05) is 37.9 Å². The Balaban J connectivity index is 1.67. The van der Waals surface area contributed by atoms with Gasteiger partial charge in [0.25, 0.3) is 5.88 Å². The van der Waals surface area contributed by atoms with Crippen molar-refractivity contribution < 1.29 is 13.2 Å². The standard InChI is InChI=1S/C18H22N4O3S/c1-25-18-17(19-8-9-20-18)21-10-14-11-22(26(2,23)24)16(15(14)12-21)13-6-4-3-5-7-13/h3-9,14-16H,10-12H2,1-2H3/t14-,15-,16+/m1/s1. The van der Waals surface area contributed by atoms with Crippen LogP contribution >= 0.6 is 0 Å². The van der Waals surface area contributed by atoms with Gasteiger partial charge in [0.1, 0.15) is 0 Å². The molecule has 7 nitrogen and oxygen atoms in total. The van der Waals surface area contributed by atoms with Crippen molar-refractivity contribution in [2.45, 2.75) is 6.04 Å². The second-order valence-corrected chi connectivity index (χ2v) is 8.84. The maximum absolute atomic E-state index is 12.4. The third-order valence-electron chi connectivity index (χ3n) is 5.33. The molecule has 1 aromatic heterocycles. The first-order valence-corrected chi connectivity index (χ1v) is 10.5. The van der Waals surface area contributed by atoms with Crippen LogP contribution in [-0.4, -0.2) is 55.7 Å². The van der Waals surface area contributed by atoms with Crippen molar-refractivity contribution in [2.75, 3.05) is 37.9 Å². The lowest BCUT2D eigenvalue weighted by Gasteiger charge is -2.28. The molecule has 3 atom stereocenters. The zero-order valence-electron chi connectivity index (χ0n) is 14.8. The van der Waals surface area contributed by atoms with Crippen LogP contribution in [0.2, 0.25) is 0 Å². The van der Waals surface area contributed by atoms with E-state index in [1.807, 2.05) is 30.3 Å². The molecular formula is C18H22N4O3S. The molecule has 0 bridgehead atoms. The summed E-state index contributed by atoms with van der Waals surface area (Å²) in [6.07, 6.45) is 4.56. The lowest BCUT2D eigenvalue weighted by Crippen LogP contribution is -2.35. The third kappa shape index (κ3) is 2.93. The molecule has 4 rings (SSSR count). The number of rotatable bonds is 4. The number of fused-ring (bicyclic) bond motifs is 1. The van der Waals surface area contributed by atoms with Gasteiger partial charge in [-0.05, 0) is 11.5 Å². The Morgan fingerprint density at radius 3 is 2.50 bits per heavy atom. The molecule has 2 aliphatic heterocycles. The van der Waals surface area contributed by atoms with Crippen LogP contribution in [-0.2, 0) is 10.0 Å². The van der Waals surface area contributed by atoms with Gasteiger partial charge in [-0.15, -0.1) is 0 Å². The first kappa shape index (κ1) is 17.2. The molecule has 3 heterocycles. The van der Waals surface area contributed by atoms with E-state index in [4.69, 9.17) is 4.74 Å². The second kappa shape index (κ2) is 6.51. The summed E-state index contributed by atoms with van der Waals surface area (Å²) in [7, 11) is -1.69. The molecule has 0 N–H and O–H groups in total. The Morgan fingerprint density at radius 2 is 1.81 bits per heavy atom. The predicted octanol–water partition coefficient (Wildman–Crippen LogP) is 1.55. The first-order valence-electron chi connectivity index (χ1n) is 8.60. The van der Waals surface area contributed by atoms with Gasteiger partial charge in [-0.3, -0.25) is 0 Å². The number of sulfonamides is 1. The molecule has 0 amide bonds. The number of methoxy groups -OCH3 is 1. The summed E-state index contributed by atoms with van der Waals surface area (Å²) < 4.78 is 31.7. The van der Waals surface area contributed by atoms with Crippen molar-refractivity contribution in [3.8, 4) is 5.88 Å². The van der Waals surface area contributed by atoms with Crippen molar-refractivity contribution >= 4 is 15.8 Å². The smallest absolute Gasteiger partial charge is 0.257 e. The van der Waals surface area contributed by atoms with Gasteiger partial charge in [-0.25, -0.2) is 18.4 Å². The molecular weight excluding hydrogens is 352 g/mol. The van der Waals surface area contributed by atoms with Crippen LogP contribution in [0.25, 0.3) is 0 Å². The minimum absolute atomic E-state index is 0.149. The Labute approximate surface area is 153 Å². The summed E-state index contributed by atoms with van der Waals surface area (Å²) in [5, 5.41) is 0. The third-order valence-corrected chi connectivity index (χ3v) is 6.56. The van der Waals surface area contributed by atoms with Crippen LogP contribution in [0.1, 0.15) is 11.6 Å². The molecule has 0 unspecified atom stereocenters. The van der Waals surface area contributed by atoms with Gasteiger partial charge in [-0.1, -0.05) is 30.3 Å². The van der Waals surface area contributed by atoms with Crippen LogP contribution in [0.4, 0.5) is 5.82 Å². The lowest BCUT2D eigenvalue weighted by atomic mass is 9.90. The number of hydrogen-bond acceptors (Lipinski definition) is 6. The van der Waals surface area contributed by atoms with Crippen molar-refractivity contribution in [3.63, 3.8) is 0 Å². The largest absolute Gasteiger partial charge is 0.478 e. The maximum Gasteiger partial charge on any atom is 0.257 e. The Morgan fingerprint density at radius 1 is 1.08 bits per heavy atom. The Hall–Kier alpha value is -2.19. The maximum atomic E-state index is 12.4. The van der Waals surface area contributed by atoms with E-state index in [0.29, 0.717) is 12.4 Å².